The second-order valence-electron chi connectivity index (χ2n) is 2.46. The monoisotopic (exact) mass is 206 g/mol. The third-order valence-corrected chi connectivity index (χ3v) is 3.39. The third-order valence-electron chi connectivity index (χ3n) is 1.61. The van der Waals surface area contributed by atoms with E-state index < -0.39 is 0 Å². The van der Waals surface area contributed by atoms with E-state index in [9.17, 15) is 4.79 Å². The van der Waals surface area contributed by atoms with Crippen molar-refractivity contribution in [3.63, 3.8) is 0 Å². The van der Waals surface area contributed by atoms with E-state index in [0.717, 1.165) is 26.2 Å². The number of hydrogen-bond donors (Lipinski definition) is 2. The molecule has 0 aromatic rings. The maximum absolute atomic E-state index is 11.6. The van der Waals surface area contributed by atoms with Crippen molar-refractivity contribution in [3.8, 4) is 0 Å². The van der Waals surface area contributed by atoms with Gasteiger partial charge in [-0.1, -0.05) is 0 Å². The molecule has 68 valence electrons. The molecule has 2 aliphatic heterocycles. The smallest absolute Gasteiger partial charge is 0.253 e. The normalized spacial score (nSPS) is 23.7. The predicted molar refractivity (Wildman–Crippen MR) is 50.0 cm³/mol. The molecule has 2 N–H and O–H groups in total. The molecule has 0 aliphatic carbocycles. The summed E-state index contributed by atoms with van der Waals surface area (Å²) in [7, 11) is 0. The van der Waals surface area contributed by atoms with Gasteiger partial charge in [0.25, 0.3) is 0 Å². The fraction of sp³-hybridized carbons (Fsp3) is 0.800. The molecule has 0 saturated carbocycles. The minimum absolute atomic E-state index is 0.0833. The summed E-state index contributed by atoms with van der Waals surface area (Å²) >= 11 is 2.78. The lowest BCUT2D eigenvalue weighted by atomic mass is 10.6. The first-order valence-corrected chi connectivity index (χ1v) is 5.31. The number of nitrogens with zero attached hydrogens (tertiary/aromatic N) is 2. The van der Waals surface area contributed by atoms with Gasteiger partial charge in [0.2, 0.25) is 0 Å². The van der Waals surface area contributed by atoms with Crippen molar-refractivity contribution < 1.29 is 4.79 Å². The van der Waals surface area contributed by atoms with Gasteiger partial charge in [0.1, 0.15) is 0 Å². The highest BCUT2D eigenvalue weighted by atomic mass is 32.2. The van der Waals surface area contributed by atoms with E-state index in [1.807, 2.05) is 0 Å². The molecule has 7 heteroatoms. The van der Waals surface area contributed by atoms with Crippen molar-refractivity contribution in [1.29, 1.82) is 0 Å². The number of nitrogens with one attached hydrogen (secondary N) is 2. The summed E-state index contributed by atoms with van der Waals surface area (Å²) in [5.74, 6) is 0. The Morgan fingerprint density at radius 3 is 1.92 bits per heavy atom. The molecule has 2 heterocycles. The van der Waals surface area contributed by atoms with E-state index in [-0.39, 0.29) is 6.03 Å². The summed E-state index contributed by atoms with van der Waals surface area (Å²) in [6.45, 7) is 3.34. The first kappa shape index (κ1) is 8.49. The molecule has 5 nitrogen and oxygen atoms in total. The first-order chi connectivity index (χ1) is 5.88. The largest absolute Gasteiger partial charge is 0.342 e. The molecule has 2 aliphatic rings. The van der Waals surface area contributed by atoms with Crippen LogP contribution in [0.5, 0.6) is 0 Å². The zero-order valence-electron chi connectivity index (χ0n) is 6.45. The zero-order chi connectivity index (χ0) is 8.39. The van der Waals surface area contributed by atoms with Crippen molar-refractivity contribution in [2.75, 3.05) is 26.2 Å². The highest BCUT2D eigenvalue weighted by Gasteiger charge is 2.27. The lowest BCUT2D eigenvalue weighted by Crippen LogP contribution is -2.33. The Kier molecular flexibility index (Phi) is 2.64. The fourth-order valence-corrected chi connectivity index (χ4v) is 2.47. The summed E-state index contributed by atoms with van der Waals surface area (Å²) in [6.07, 6.45) is 0. The summed E-state index contributed by atoms with van der Waals surface area (Å²) in [5.41, 5.74) is 0. The Morgan fingerprint density at radius 2 is 1.58 bits per heavy atom. The molecule has 2 rings (SSSR count). The average Bonchev–Trinajstić information content (AvgIpc) is 2.77. The van der Waals surface area contributed by atoms with Gasteiger partial charge in [-0.3, -0.25) is 8.61 Å². The SMILES string of the molecule is O=C(N1CCNS1)N1CCNS1. The van der Waals surface area contributed by atoms with Crippen molar-refractivity contribution in [1.82, 2.24) is 18.1 Å². The Hall–Kier alpha value is -0.110. The van der Waals surface area contributed by atoms with Crippen LogP contribution in [0.15, 0.2) is 0 Å². The molecule has 0 atom stereocenters. The summed E-state index contributed by atoms with van der Waals surface area (Å²) in [4.78, 5) is 11.6. The van der Waals surface area contributed by atoms with E-state index in [1.54, 1.807) is 8.61 Å². The van der Waals surface area contributed by atoms with Gasteiger partial charge in [-0.2, -0.15) is 0 Å². The molecule has 2 fully saturated rings. The van der Waals surface area contributed by atoms with Crippen LogP contribution in [0.2, 0.25) is 0 Å². The van der Waals surface area contributed by atoms with Crippen LogP contribution in [-0.2, 0) is 0 Å². The van der Waals surface area contributed by atoms with Gasteiger partial charge in [0, 0.05) is 50.4 Å². The summed E-state index contributed by atoms with van der Waals surface area (Å²) in [5, 5.41) is 0. The van der Waals surface area contributed by atoms with Crippen molar-refractivity contribution in [2.45, 2.75) is 0 Å². The number of carbonyl (C=O) groups is 1. The quantitative estimate of drug-likeness (QED) is 0.548. The number of rotatable bonds is 0. The second-order valence-corrected chi connectivity index (χ2v) is 4.28. The third kappa shape index (κ3) is 1.63. The number of carbonyl (C=O) groups excluding carboxylic acids is 1. The maximum atomic E-state index is 11.6. The topological polar surface area (TPSA) is 47.6 Å². The Balaban J connectivity index is 1.89. The molecule has 0 aromatic carbocycles. The van der Waals surface area contributed by atoms with Gasteiger partial charge in [0.05, 0.1) is 0 Å². The molecule has 2 saturated heterocycles. The molecular formula is C5H10N4OS2. The lowest BCUT2D eigenvalue weighted by molar-refractivity contribution is 0.213. The highest BCUT2D eigenvalue weighted by molar-refractivity contribution is 7.97. The van der Waals surface area contributed by atoms with Crippen molar-refractivity contribution in [3.05, 3.63) is 0 Å². The van der Waals surface area contributed by atoms with E-state index in [4.69, 9.17) is 0 Å². The number of urea groups is 1. The first-order valence-electron chi connectivity index (χ1n) is 3.76. The van der Waals surface area contributed by atoms with Crippen molar-refractivity contribution in [2.24, 2.45) is 0 Å². The van der Waals surface area contributed by atoms with Crippen LogP contribution >= 0.6 is 24.3 Å². The van der Waals surface area contributed by atoms with E-state index in [1.165, 1.54) is 24.3 Å². The number of hydrogen-bond acceptors (Lipinski definition) is 5. The van der Waals surface area contributed by atoms with Crippen LogP contribution in [0.25, 0.3) is 0 Å². The van der Waals surface area contributed by atoms with Crippen molar-refractivity contribution >= 4 is 30.3 Å². The van der Waals surface area contributed by atoms with Gasteiger partial charge < -0.3 is 0 Å². The average molecular weight is 206 g/mol. The predicted octanol–water partition coefficient (Wildman–Crippen LogP) is 0.0432. The number of amides is 2. The van der Waals surface area contributed by atoms with Gasteiger partial charge in [-0.05, 0) is 0 Å². The molecular weight excluding hydrogens is 196 g/mol. The minimum atomic E-state index is 0.0833. The van der Waals surface area contributed by atoms with Gasteiger partial charge in [-0.25, -0.2) is 14.2 Å². The maximum Gasteiger partial charge on any atom is 0.342 e. The Labute approximate surface area is 79.8 Å². The van der Waals surface area contributed by atoms with Crippen LogP contribution in [0, 0.1) is 0 Å². The molecule has 0 bridgehead atoms. The van der Waals surface area contributed by atoms with Crippen LogP contribution < -0.4 is 9.44 Å². The summed E-state index contributed by atoms with van der Waals surface area (Å²) in [6, 6.07) is 0.0833. The highest BCUT2D eigenvalue weighted by Crippen LogP contribution is 2.19. The Morgan fingerprint density at radius 1 is 1.08 bits per heavy atom. The van der Waals surface area contributed by atoms with E-state index >= 15 is 0 Å². The molecule has 2 amide bonds. The molecule has 0 aromatic heterocycles. The standard InChI is InChI=1S/C5H10N4OS2/c10-5(8-3-1-6-11-8)9-4-2-7-12-9/h6-7H,1-4H2. The lowest BCUT2D eigenvalue weighted by Gasteiger charge is -2.18. The van der Waals surface area contributed by atoms with E-state index in [2.05, 4.69) is 9.44 Å². The van der Waals surface area contributed by atoms with Crippen LogP contribution in [0.3, 0.4) is 0 Å². The Bertz CT molecular complexity index is 160. The molecule has 12 heavy (non-hydrogen) atoms. The summed E-state index contributed by atoms with van der Waals surface area (Å²) < 4.78 is 9.56. The van der Waals surface area contributed by atoms with Crippen LogP contribution in [-0.4, -0.2) is 40.8 Å². The zero-order valence-corrected chi connectivity index (χ0v) is 8.08. The van der Waals surface area contributed by atoms with Gasteiger partial charge >= 0.3 is 6.03 Å². The van der Waals surface area contributed by atoms with Gasteiger partial charge in [-0.15, -0.1) is 0 Å². The molecule has 0 spiro atoms. The molecule has 0 radical (unpaired) electrons. The molecule has 0 unspecified atom stereocenters. The van der Waals surface area contributed by atoms with Crippen LogP contribution in [0.1, 0.15) is 0 Å². The minimum Gasteiger partial charge on any atom is -0.253 e. The van der Waals surface area contributed by atoms with E-state index in [0.29, 0.717) is 0 Å². The second kappa shape index (κ2) is 3.73. The van der Waals surface area contributed by atoms with Gasteiger partial charge in [0.15, 0.2) is 0 Å². The van der Waals surface area contributed by atoms with Crippen LogP contribution in [0.4, 0.5) is 4.79 Å². The fourth-order valence-electron chi connectivity index (χ4n) is 1.03.